The fraction of sp³-hybridized carbons (Fsp3) is 0.0625. The molecule has 0 heterocycles. The minimum Gasteiger partial charge on any atom is -0.496 e. The normalized spacial score (nSPS) is 10.6. The van der Waals surface area contributed by atoms with Gasteiger partial charge in [0.05, 0.1) is 28.1 Å². The van der Waals surface area contributed by atoms with Gasteiger partial charge in [-0.1, -0.05) is 29.3 Å². The predicted molar refractivity (Wildman–Crippen MR) is 93.8 cm³/mol. The molecular formula is C16H12Cl2N2O4. The van der Waals surface area contributed by atoms with Crippen molar-refractivity contribution in [2.45, 2.75) is 0 Å². The van der Waals surface area contributed by atoms with Crippen LogP contribution < -0.4 is 10.1 Å². The lowest BCUT2D eigenvalue weighted by Gasteiger charge is -2.05. The number of nitrogens with zero attached hydrogens (tertiary/aromatic N) is 1. The van der Waals surface area contributed by atoms with Crippen LogP contribution >= 0.6 is 23.2 Å². The number of nitro groups is 1. The fourth-order valence-corrected chi connectivity index (χ4v) is 2.16. The number of carbonyl (C=O) groups excluding carboxylic acids is 1. The Kier molecular flexibility index (Phi) is 5.78. The van der Waals surface area contributed by atoms with Gasteiger partial charge in [0.1, 0.15) is 11.4 Å². The van der Waals surface area contributed by atoms with Gasteiger partial charge in [-0.15, -0.1) is 0 Å². The van der Waals surface area contributed by atoms with E-state index in [1.807, 2.05) is 0 Å². The zero-order chi connectivity index (χ0) is 17.7. The molecule has 0 saturated carbocycles. The molecule has 0 spiro atoms. The number of ether oxygens (including phenoxy) is 1. The van der Waals surface area contributed by atoms with Gasteiger partial charge in [0.15, 0.2) is 0 Å². The van der Waals surface area contributed by atoms with E-state index in [9.17, 15) is 14.9 Å². The molecule has 0 unspecified atom stereocenters. The maximum atomic E-state index is 12.0. The van der Waals surface area contributed by atoms with Crippen LogP contribution in [0, 0.1) is 10.1 Å². The third-order valence-corrected chi connectivity index (χ3v) is 3.77. The highest BCUT2D eigenvalue weighted by Gasteiger charge is 2.16. The first-order valence-corrected chi connectivity index (χ1v) is 7.43. The third-order valence-electron chi connectivity index (χ3n) is 3.03. The number of nitrogens with one attached hydrogen (secondary N) is 1. The molecule has 0 radical (unpaired) electrons. The summed E-state index contributed by atoms with van der Waals surface area (Å²) in [7, 11) is 1.40. The zero-order valence-corrected chi connectivity index (χ0v) is 14.0. The largest absolute Gasteiger partial charge is 0.496 e. The monoisotopic (exact) mass is 366 g/mol. The van der Waals surface area contributed by atoms with E-state index in [2.05, 4.69) is 5.32 Å². The van der Waals surface area contributed by atoms with E-state index in [1.54, 1.807) is 18.2 Å². The van der Waals surface area contributed by atoms with Gasteiger partial charge in [0, 0.05) is 6.08 Å². The molecule has 0 bridgehead atoms. The van der Waals surface area contributed by atoms with Crippen LogP contribution in [0.25, 0.3) is 6.08 Å². The highest BCUT2D eigenvalue weighted by molar-refractivity contribution is 6.42. The first-order valence-electron chi connectivity index (χ1n) is 6.67. The van der Waals surface area contributed by atoms with Crippen LogP contribution in [-0.2, 0) is 4.79 Å². The molecule has 8 heteroatoms. The summed E-state index contributed by atoms with van der Waals surface area (Å²) in [6.45, 7) is 0. The lowest BCUT2D eigenvalue weighted by atomic mass is 10.2. The number of methoxy groups -OCH3 is 1. The molecule has 124 valence electrons. The molecule has 1 N–H and O–H groups in total. The van der Waals surface area contributed by atoms with Gasteiger partial charge in [-0.3, -0.25) is 14.9 Å². The van der Waals surface area contributed by atoms with Crippen LogP contribution in [0.15, 0.2) is 42.5 Å². The molecule has 0 aromatic heterocycles. The number of carbonyl (C=O) groups is 1. The van der Waals surface area contributed by atoms with Crippen molar-refractivity contribution in [3.63, 3.8) is 0 Å². The second-order valence-corrected chi connectivity index (χ2v) is 5.45. The van der Waals surface area contributed by atoms with Crippen molar-refractivity contribution in [1.82, 2.24) is 0 Å². The Morgan fingerprint density at radius 3 is 2.58 bits per heavy atom. The van der Waals surface area contributed by atoms with Crippen LogP contribution in [0.3, 0.4) is 0 Å². The summed E-state index contributed by atoms with van der Waals surface area (Å²) in [5.74, 6) is -0.194. The number of rotatable bonds is 5. The number of halogens is 2. The van der Waals surface area contributed by atoms with Crippen LogP contribution in [0.4, 0.5) is 11.4 Å². The predicted octanol–water partition coefficient (Wildman–Crippen LogP) is 4.56. The van der Waals surface area contributed by atoms with Crippen molar-refractivity contribution in [2.24, 2.45) is 0 Å². The van der Waals surface area contributed by atoms with Crippen molar-refractivity contribution in [2.75, 3.05) is 12.4 Å². The zero-order valence-electron chi connectivity index (χ0n) is 12.5. The second-order valence-electron chi connectivity index (χ2n) is 4.64. The maximum Gasteiger partial charge on any atom is 0.296 e. The van der Waals surface area contributed by atoms with Gasteiger partial charge in [-0.05, 0) is 35.9 Å². The van der Waals surface area contributed by atoms with Crippen molar-refractivity contribution in [3.8, 4) is 5.75 Å². The Balaban J connectivity index is 2.16. The first kappa shape index (κ1) is 17.8. The average Bonchev–Trinajstić information content (AvgIpc) is 2.56. The molecule has 24 heavy (non-hydrogen) atoms. The Hall–Kier alpha value is -2.57. The first-order chi connectivity index (χ1) is 11.4. The van der Waals surface area contributed by atoms with E-state index >= 15 is 0 Å². The Morgan fingerprint density at radius 2 is 1.96 bits per heavy atom. The summed E-state index contributed by atoms with van der Waals surface area (Å²) in [5, 5.41) is 14.3. The summed E-state index contributed by atoms with van der Waals surface area (Å²) >= 11 is 11.7. The standard InChI is InChI=1S/C16H12Cl2N2O4/c1-24-11-4-6-14(15(9-11)20(22)23)19-16(21)7-3-10-2-5-12(17)13(18)8-10/h2-9H,1H3,(H,19,21)/b7-3+. The summed E-state index contributed by atoms with van der Waals surface area (Å²) in [6, 6.07) is 9.05. The maximum absolute atomic E-state index is 12.0. The molecule has 0 aliphatic rings. The fourth-order valence-electron chi connectivity index (χ4n) is 1.86. The van der Waals surface area contributed by atoms with Gasteiger partial charge in [0.25, 0.3) is 5.69 Å². The third kappa shape index (κ3) is 4.47. The van der Waals surface area contributed by atoms with Gasteiger partial charge in [0.2, 0.25) is 5.91 Å². The average molecular weight is 367 g/mol. The molecule has 2 aromatic rings. The summed E-state index contributed by atoms with van der Waals surface area (Å²) < 4.78 is 4.94. The van der Waals surface area contributed by atoms with E-state index in [4.69, 9.17) is 27.9 Å². The molecule has 6 nitrogen and oxygen atoms in total. The van der Waals surface area contributed by atoms with E-state index in [0.29, 0.717) is 21.4 Å². The number of hydrogen-bond acceptors (Lipinski definition) is 4. The van der Waals surface area contributed by atoms with Crippen LogP contribution in [-0.4, -0.2) is 17.9 Å². The highest BCUT2D eigenvalue weighted by atomic mass is 35.5. The van der Waals surface area contributed by atoms with Crippen LogP contribution in [0.1, 0.15) is 5.56 Å². The van der Waals surface area contributed by atoms with Crippen LogP contribution in [0.2, 0.25) is 10.0 Å². The lowest BCUT2D eigenvalue weighted by Crippen LogP contribution is -2.09. The molecule has 0 aliphatic heterocycles. The minimum absolute atomic E-state index is 0.0737. The number of nitro benzene ring substituents is 1. The van der Waals surface area contributed by atoms with Crippen molar-refractivity contribution < 1.29 is 14.5 Å². The quantitative estimate of drug-likeness (QED) is 0.477. The summed E-state index contributed by atoms with van der Waals surface area (Å²) in [4.78, 5) is 22.4. The molecule has 2 aromatic carbocycles. The number of hydrogen-bond donors (Lipinski definition) is 1. The topological polar surface area (TPSA) is 81.5 Å². The van der Waals surface area contributed by atoms with E-state index in [0.717, 1.165) is 0 Å². The Bertz CT molecular complexity index is 822. The molecule has 2 rings (SSSR count). The molecule has 1 amide bonds. The van der Waals surface area contributed by atoms with Gasteiger partial charge >= 0.3 is 0 Å². The molecule has 0 saturated heterocycles. The number of anilines is 1. The van der Waals surface area contributed by atoms with E-state index in [-0.39, 0.29) is 11.4 Å². The van der Waals surface area contributed by atoms with E-state index < -0.39 is 10.8 Å². The Morgan fingerprint density at radius 1 is 1.21 bits per heavy atom. The second kappa shape index (κ2) is 7.81. The smallest absolute Gasteiger partial charge is 0.296 e. The molecular weight excluding hydrogens is 355 g/mol. The van der Waals surface area contributed by atoms with Gasteiger partial charge in [-0.25, -0.2) is 0 Å². The summed E-state index contributed by atoms with van der Waals surface area (Å²) in [6.07, 6.45) is 2.76. The van der Waals surface area contributed by atoms with Crippen LogP contribution in [0.5, 0.6) is 5.75 Å². The lowest BCUT2D eigenvalue weighted by molar-refractivity contribution is -0.384. The van der Waals surface area contributed by atoms with Gasteiger partial charge < -0.3 is 10.1 Å². The Labute approximate surface area is 147 Å². The highest BCUT2D eigenvalue weighted by Crippen LogP contribution is 2.29. The SMILES string of the molecule is COc1ccc(NC(=O)/C=C/c2ccc(Cl)c(Cl)c2)c([N+](=O)[O-])c1. The number of benzene rings is 2. The van der Waals surface area contributed by atoms with Crippen molar-refractivity contribution in [3.05, 3.63) is 68.2 Å². The molecule has 0 fully saturated rings. The minimum atomic E-state index is -0.596. The molecule has 0 atom stereocenters. The van der Waals surface area contributed by atoms with Crippen molar-refractivity contribution in [1.29, 1.82) is 0 Å². The van der Waals surface area contributed by atoms with Gasteiger partial charge in [-0.2, -0.15) is 0 Å². The molecule has 0 aliphatic carbocycles. The number of amides is 1. The summed E-state index contributed by atoms with van der Waals surface area (Å²) in [5.41, 5.74) is 0.485. The van der Waals surface area contributed by atoms with Crippen molar-refractivity contribution >= 4 is 46.6 Å². The van der Waals surface area contributed by atoms with E-state index in [1.165, 1.54) is 37.5 Å².